The minimum atomic E-state index is -0.258. The first-order chi connectivity index (χ1) is 15.3. The van der Waals surface area contributed by atoms with E-state index in [1.54, 1.807) is 35.3 Å². The van der Waals surface area contributed by atoms with Crippen LogP contribution in [-0.2, 0) is 13.0 Å². The molecule has 2 aromatic heterocycles. The molecule has 0 saturated carbocycles. The Bertz CT molecular complexity index is 1160. The molecular weight excluding hydrogens is 393 g/mol. The first-order valence-electron chi connectivity index (χ1n) is 10.4. The van der Waals surface area contributed by atoms with Crippen LogP contribution in [0.25, 0.3) is 5.69 Å². The molecule has 31 heavy (non-hydrogen) atoms. The standard InChI is InChI=1S/C24H22FN5O/c25-20-5-1-2-7-23(20)30-22-8-3-6-21(19(22)16-29-30)28-15-17-9-11-18(12-10-17)31-24-26-13-4-14-27-24/h1-2,4-5,7,9-14,16,21,28H,3,6,8,15H2/t21-/m0/s1. The van der Waals surface area contributed by atoms with E-state index in [1.807, 2.05) is 36.5 Å². The Balaban J connectivity index is 1.27. The quantitative estimate of drug-likeness (QED) is 0.492. The maximum atomic E-state index is 14.3. The number of aromatic nitrogens is 4. The molecule has 4 aromatic rings. The van der Waals surface area contributed by atoms with E-state index >= 15 is 0 Å². The Morgan fingerprint density at radius 2 is 1.84 bits per heavy atom. The van der Waals surface area contributed by atoms with E-state index in [4.69, 9.17) is 4.74 Å². The molecule has 0 amide bonds. The monoisotopic (exact) mass is 415 g/mol. The molecule has 0 unspecified atom stereocenters. The summed E-state index contributed by atoms with van der Waals surface area (Å²) >= 11 is 0. The molecule has 156 valence electrons. The van der Waals surface area contributed by atoms with Gasteiger partial charge in [0, 0.05) is 36.2 Å². The van der Waals surface area contributed by atoms with Gasteiger partial charge >= 0.3 is 6.01 Å². The number of rotatable bonds is 6. The highest BCUT2D eigenvalue weighted by Crippen LogP contribution is 2.32. The van der Waals surface area contributed by atoms with E-state index in [9.17, 15) is 4.39 Å². The minimum absolute atomic E-state index is 0.193. The van der Waals surface area contributed by atoms with Crippen molar-refractivity contribution in [3.8, 4) is 17.4 Å². The molecule has 0 radical (unpaired) electrons. The lowest BCUT2D eigenvalue weighted by atomic mass is 9.92. The van der Waals surface area contributed by atoms with Crippen LogP contribution in [0.3, 0.4) is 0 Å². The molecule has 0 spiro atoms. The third-order valence-electron chi connectivity index (χ3n) is 5.49. The second-order valence-electron chi connectivity index (χ2n) is 7.51. The van der Waals surface area contributed by atoms with Crippen LogP contribution >= 0.6 is 0 Å². The normalized spacial score (nSPS) is 15.5. The van der Waals surface area contributed by atoms with Crippen molar-refractivity contribution in [2.45, 2.75) is 31.8 Å². The Hall–Kier alpha value is -3.58. The van der Waals surface area contributed by atoms with Gasteiger partial charge in [0.15, 0.2) is 0 Å². The second kappa shape index (κ2) is 8.65. The van der Waals surface area contributed by atoms with Gasteiger partial charge in [0.1, 0.15) is 17.3 Å². The molecule has 0 saturated heterocycles. The van der Waals surface area contributed by atoms with Gasteiger partial charge in [-0.25, -0.2) is 19.0 Å². The van der Waals surface area contributed by atoms with Crippen molar-refractivity contribution in [3.63, 3.8) is 0 Å². The van der Waals surface area contributed by atoms with E-state index in [0.29, 0.717) is 17.4 Å². The largest absolute Gasteiger partial charge is 0.424 e. The average molecular weight is 415 g/mol. The minimum Gasteiger partial charge on any atom is -0.424 e. The summed E-state index contributed by atoms with van der Waals surface area (Å²) in [6, 6.07) is 16.9. The summed E-state index contributed by atoms with van der Waals surface area (Å²) in [5.74, 6) is 0.438. The number of hydrogen-bond acceptors (Lipinski definition) is 5. The summed E-state index contributed by atoms with van der Waals surface area (Å²) < 4.78 is 21.7. The molecule has 7 heteroatoms. The van der Waals surface area contributed by atoms with Crippen molar-refractivity contribution >= 4 is 0 Å². The predicted octanol–water partition coefficient (Wildman–Crippen LogP) is 4.76. The number of halogens is 1. The first kappa shape index (κ1) is 19.4. The number of benzene rings is 2. The Kier molecular flexibility index (Phi) is 5.41. The summed E-state index contributed by atoms with van der Waals surface area (Å²) in [4.78, 5) is 8.14. The Morgan fingerprint density at radius 3 is 2.65 bits per heavy atom. The van der Waals surface area contributed by atoms with Crippen molar-refractivity contribution in [2.75, 3.05) is 0 Å². The number of hydrogen-bond donors (Lipinski definition) is 1. The van der Waals surface area contributed by atoms with Gasteiger partial charge in [0.2, 0.25) is 0 Å². The van der Waals surface area contributed by atoms with Gasteiger partial charge < -0.3 is 10.1 Å². The van der Waals surface area contributed by atoms with E-state index in [-0.39, 0.29) is 11.9 Å². The van der Waals surface area contributed by atoms with E-state index in [0.717, 1.165) is 42.6 Å². The number of ether oxygens (including phenoxy) is 1. The van der Waals surface area contributed by atoms with Gasteiger partial charge in [-0.15, -0.1) is 0 Å². The molecule has 1 aliphatic rings. The molecule has 1 atom stereocenters. The molecule has 5 rings (SSSR count). The Morgan fingerprint density at radius 1 is 1.03 bits per heavy atom. The fourth-order valence-electron chi connectivity index (χ4n) is 3.96. The lowest BCUT2D eigenvalue weighted by molar-refractivity contribution is 0.440. The lowest BCUT2D eigenvalue weighted by Crippen LogP contribution is -2.25. The van der Waals surface area contributed by atoms with Crippen LogP contribution in [0.1, 0.15) is 35.7 Å². The summed E-state index contributed by atoms with van der Waals surface area (Å²) in [5, 5.41) is 8.12. The van der Waals surface area contributed by atoms with Gasteiger partial charge in [0.25, 0.3) is 0 Å². The van der Waals surface area contributed by atoms with Crippen molar-refractivity contribution in [2.24, 2.45) is 0 Å². The summed E-state index contributed by atoms with van der Waals surface area (Å²) in [6.07, 6.45) is 8.13. The molecule has 0 aliphatic heterocycles. The maximum Gasteiger partial charge on any atom is 0.321 e. The second-order valence-corrected chi connectivity index (χ2v) is 7.51. The SMILES string of the molecule is Fc1ccccc1-n1ncc2c1CCC[C@@H]2NCc1ccc(Oc2ncccn2)cc1. The van der Waals surface area contributed by atoms with Gasteiger partial charge in [-0.3, -0.25) is 0 Å². The van der Waals surface area contributed by atoms with Crippen LogP contribution in [0.4, 0.5) is 4.39 Å². The van der Waals surface area contributed by atoms with Gasteiger partial charge in [-0.05, 0) is 55.2 Å². The lowest BCUT2D eigenvalue weighted by Gasteiger charge is -2.24. The highest BCUT2D eigenvalue weighted by Gasteiger charge is 2.25. The zero-order valence-electron chi connectivity index (χ0n) is 16.9. The van der Waals surface area contributed by atoms with Crippen LogP contribution in [-0.4, -0.2) is 19.7 Å². The summed E-state index contributed by atoms with van der Waals surface area (Å²) in [7, 11) is 0. The molecule has 6 nitrogen and oxygen atoms in total. The van der Waals surface area contributed by atoms with Gasteiger partial charge in [0.05, 0.1) is 6.20 Å². The fraction of sp³-hybridized carbons (Fsp3) is 0.208. The van der Waals surface area contributed by atoms with E-state index < -0.39 is 0 Å². The molecule has 2 heterocycles. The van der Waals surface area contributed by atoms with Crippen molar-refractivity contribution in [1.29, 1.82) is 0 Å². The molecule has 1 N–H and O–H groups in total. The fourth-order valence-corrected chi connectivity index (χ4v) is 3.96. The van der Waals surface area contributed by atoms with Crippen molar-refractivity contribution in [1.82, 2.24) is 25.1 Å². The predicted molar refractivity (Wildman–Crippen MR) is 115 cm³/mol. The third kappa shape index (κ3) is 4.18. The first-order valence-corrected chi connectivity index (χ1v) is 10.4. The molecular formula is C24H22FN5O. The van der Waals surface area contributed by atoms with Crippen LogP contribution in [0.2, 0.25) is 0 Å². The highest BCUT2D eigenvalue weighted by atomic mass is 19.1. The van der Waals surface area contributed by atoms with E-state index in [1.165, 1.54) is 6.07 Å². The molecule has 0 fully saturated rings. The van der Waals surface area contributed by atoms with Crippen LogP contribution in [0, 0.1) is 5.82 Å². The van der Waals surface area contributed by atoms with E-state index in [2.05, 4.69) is 20.4 Å². The number of nitrogens with one attached hydrogen (secondary N) is 1. The Labute approximate surface area is 179 Å². The maximum absolute atomic E-state index is 14.3. The van der Waals surface area contributed by atoms with Gasteiger partial charge in [-0.2, -0.15) is 5.10 Å². The number of fused-ring (bicyclic) bond motifs is 1. The van der Waals surface area contributed by atoms with Crippen molar-refractivity contribution in [3.05, 3.63) is 95.8 Å². The van der Waals surface area contributed by atoms with Crippen LogP contribution in [0.5, 0.6) is 11.8 Å². The number of nitrogens with zero attached hydrogens (tertiary/aromatic N) is 4. The summed E-state index contributed by atoms with van der Waals surface area (Å²) in [6.45, 7) is 0.719. The van der Waals surface area contributed by atoms with Gasteiger partial charge in [-0.1, -0.05) is 24.3 Å². The topological polar surface area (TPSA) is 64.9 Å². The zero-order valence-corrected chi connectivity index (χ0v) is 16.9. The van der Waals surface area contributed by atoms with Crippen LogP contribution in [0.15, 0.2) is 73.2 Å². The average Bonchev–Trinajstić information content (AvgIpc) is 3.24. The number of para-hydroxylation sites is 1. The van der Waals surface area contributed by atoms with Crippen LogP contribution < -0.4 is 10.1 Å². The highest BCUT2D eigenvalue weighted by molar-refractivity contribution is 5.38. The molecule has 1 aliphatic carbocycles. The third-order valence-corrected chi connectivity index (χ3v) is 5.49. The molecule has 0 bridgehead atoms. The van der Waals surface area contributed by atoms with Crippen molar-refractivity contribution < 1.29 is 9.13 Å². The summed E-state index contributed by atoms with van der Waals surface area (Å²) in [5.41, 5.74) is 3.88. The smallest absolute Gasteiger partial charge is 0.321 e. The molecule has 2 aromatic carbocycles. The zero-order chi connectivity index (χ0) is 21.0.